The number of unbranched alkanes of at least 4 members (excludes halogenated alkanes) is 1. The van der Waals surface area contributed by atoms with E-state index >= 15 is 0 Å². The summed E-state index contributed by atoms with van der Waals surface area (Å²) in [6.45, 7) is 0. The highest BCUT2D eigenvalue weighted by molar-refractivity contribution is 7.13. The minimum Gasteiger partial charge on any atom is -0.236 e. The van der Waals surface area contributed by atoms with E-state index in [0.29, 0.717) is 0 Å². The molecule has 2 heteroatoms. The van der Waals surface area contributed by atoms with Crippen LogP contribution in [-0.2, 0) is 6.42 Å². The van der Waals surface area contributed by atoms with E-state index in [4.69, 9.17) is 11.4 Å². The lowest BCUT2D eigenvalue weighted by atomic mass is 10.1. The van der Waals surface area contributed by atoms with Crippen LogP contribution in [0.4, 0.5) is 0 Å². The first-order valence-electron chi connectivity index (χ1n) is 7.40. The van der Waals surface area contributed by atoms with Crippen molar-refractivity contribution >= 4 is 11.3 Å². The second-order valence-electron chi connectivity index (χ2n) is 5.16. The van der Waals surface area contributed by atoms with Crippen LogP contribution >= 0.6 is 11.3 Å². The quantitative estimate of drug-likeness (QED) is 0.452. The maximum Gasteiger partial charge on any atom is 0.124 e. The molecule has 0 amide bonds. The Morgan fingerprint density at radius 1 is 0.955 bits per heavy atom. The maximum atomic E-state index is 5.29. The van der Waals surface area contributed by atoms with Crippen molar-refractivity contribution in [1.29, 1.82) is 0 Å². The molecule has 108 valence electrons. The second kappa shape index (κ2) is 7.06. The number of thiazole rings is 1. The lowest BCUT2D eigenvalue weighted by Crippen LogP contribution is -1.85. The van der Waals surface area contributed by atoms with Crippen LogP contribution in [0.2, 0.25) is 0 Å². The Labute approximate surface area is 135 Å². The van der Waals surface area contributed by atoms with Gasteiger partial charge in [-0.25, -0.2) is 4.98 Å². The summed E-state index contributed by atoms with van der Waals surface area (Å²) in [7, 11) is 0. The zero-order chi connectivity index (χ0) is 15.2. The zero-order valence-electron chi connectivity index (χ0n) is 12.3. The van der Waals surface area contributed by atoms with Crippen LogP contribution in [-0.4, -0.2) is 4.98 Å². The van der Waals surface area contributed by atoms with E-state index in [0.717, 1.165) is 30.0 Å². The molecule has 0 aliphatic carbocycles. The van der Waals surface area contributed by atoms with Gasteiger partial charge < -0.3 is 0 Å². The van der Waals surface area contributed by atoms with Crippen LogP contribution in [0.25, 0.3) is 21.8 Å². The third-order valence-corrected chi connectivity index (χ3v) is 4.45. The predicted octanol–water partition coefficient (Wildman–Crippen LogP) is 5.43. The standard InChI is InChI=1S/C20H17NS/c1-2-3-5-8-16-11-13-17(14-12-16)19-15-22-20(21-19)18-9-6-4-7-10-18/h1,4,6-7,9-15H,3,5,8H2. The average Bonchev–Trinajstić information content (AvgIpc) is 3.07. The van der Waals surface area contributed by atoms with Gasteiger partial charge in [-0.15, -0.1) is 23.7 Å². The van der Waals surface area contributed by atoms with E-state index in [-0.39, 0.29) is 0 Å². The maximum absolute atomic E-state index is 5.29. The molecule has 0 N–H and O–H groups in total. The lowest BCUT2D eigenvalue weighted by Gasteiger charge is -2.01. The molecule has 0 aliphatic heterocycles. The highest BCUT2D eigenvalue weighted by Crippen LogP contribution is 2.28. The number of benzene rings is 2. The van der Waals surface area contributed by atoms with Crippen LogP contribution in [0, 0.1) is 12.3 Å². The molecule has 22 heavy (non-hydrogen) atoms. The first kappa shape index (κ1) is 14.6. The van der Waals surface area contributed by atoms with E-state index in [1.54, 1.807) is 11.3 Å². The Morgan fingerprint density at radius 3 is 2.45 bits per heavy atom. The number of terminal acetylenes is 1. The van der Waals surface area contributed by atoms with E-state index in [1.807, 2.05) is 18.2 Å². The number of aromatic nitrogens is 1. The third-order valence-electron chi connectivity index (χ3n) is 3.56. The Kier molecular flexibility index (Phi) is 4.68. The van der Waals surface area contributed by atoms with Crippen LogP contribution in [0.1, 0.15) is 18.4 Å². The molecule has 0 unspecified atom stereocenters. The Morgan fingerprint density at radius 2 is 1.73 bits per heavy atom. The average molecular weight is 303 g/mol. The van der Waals surface area contributed by atoms with Crippen molar-refractivity contribution in [1.82, 2.24) is 4.98 Å². The molecule has 1 aromatic heterocycles. The molecule has 0 fully saturated rings. The van der Waals surface area contributed by atoms with E-state index in [2.05, 4.69) is 47.7 Å². The summed E-state index contributed by atoms with van der Waals surface area (Å²) in [5, 5.41) is 3.18. The van der Waals surface area contributed by atoms with Crippen molar-refractivity contribution in [3.05, 3.63) is 65.5 Å². The van der Waals surface area contributed by atoms with Crippen LogP contribution in [0.15, 0.2) is 60.0 Å². The van der Waals surface area contributed by atoms with Gasteiger partial charge in [0.05, 0.1) is 5.69 Å². The summed E-state index contributed by atoms with van der Waals surface area (Å²) in [5.74, 6) is 2.68. The summed E-state index contributed by atoms with van der Waals surface area (Å²) in [6, 6.07) is 18.9. The van der Waals surface area contributed by atoms with Gasteiger partial charge in [-0.05, 0) is 18.4 Å². The molecule has 3 aromatic rings. The number of aryl methyl sites for hydroxylation is 1. The largest absolute Gasteiger partial charge is 0.236 e. The van der Waals surface area contributed by atoms with Gasteiger partial charge in [0.2, 0.25) is 0 Å². The Balaban J connectivity index is 1.75. The van der Waals surface area contributed by atoms with Gasteiger partial charge >= 0.3 is 0 Å². The van der Waals surface area contributed by atoms with Crippen molar-refractivity contribution in [3.8, 4) is 34.2 Å². The molecular formula is C20H17NS. The first-order chi connectivity index (χ1) is 10.9. The Hall–Kier alpha value is -2.37. The van der Waals surface area contributed by atoms with Gasteiger partial charge in [0.1, 0.15) is 5.01 Å². The fourth-order valence-electron chi connectivity index (χ4n) is 2.36. The number of nitrogens with zero attached hydrogens (tertiary/aromatic N) is 1. The van der Waals surface area contributed by atoms with Crippen molar-refractivity contribution < 1.29 is 0 Å². The normalized spacial score (nSPS) is 10.3. The molecule has 0 radical (unpaired) electrons. The van der Waals surface area contributed by atoms with Gasteiger partial charge in [0.25, 0.3) is 0 Å². The van der Waals surface area contributed by atoms with Crippen molar-refractivity contribution in [2.24, 2.45) is 0 Å². The van der Waals surface area contributed by atoms with Crippen molar-refractivity contribution in [2.75, 3.05) is 0 Å². The molecule has 1 heterocycles. The topological polar surface area (TPSA) is 12.9 Å². The Bertz CT molecular complexity index is 763. The molecule has 3 rings (SSSR count). The molecule has 0 saturated heterocycles. The molecule has 1 nitrogen and oxygen atoms in total. The van der Waals surface area contributed by atoms with Crippen LogP contribution in [0.5, 0.6) is 0 Å². The van der Waals surface area contributed by atoms with Crippen LogP contribution < -0.4 is 0 Å². The molecule has 2 aromatic carbocycles. The number of rotatable bonds is 5. The predicted molar refractivity (Wildman–Crippen MR) is 94.8 cm³/mol. The molecule has 0 aliphatic rings. The fourth-order valence-corrected chi connectivity index (χ4v) is 3.19. The number of hydrogen-bond acceptors (Lipinski definition) is 2. The van der Waals surface area contributed by atoms with Crippen molar-refractivity contribution in [2.45, 2.75) is 19.3 Å². The zero-order valence-corrected chi connectivity index (χ0v) is 13.1. The van der Waals surface area contributed by atoms with E-state index < -0.39 is 0 Å². The summed E-state index contributed by atoms with van der Waals surface area (Å²) in [5.41, 5.74) is 4.71. The minimum atomic E-state index is 0.842. The summed E-state index contributed by atoms with van der Waals surface area (Å²) in [6.07, 6.45) is 8.21. The third kappa shape index (κ3) is 3.44. The molecule has 0 saturated carbocycles. The van der Waals surface area contributed by atoms with Gasteiger partial charge in [0.15, 0.2) is 0 Å². The highest BCUT2D eigenvalue weighted by atomic mass is 32.1. The second-order valence-corrected chi connectivity index (χ2v) is 6.02. The molecule has 0 spiro atoms. The number of hydrogen-bond donors (Lipinski definition) is 0. The SMILES string of the molecule is C#CCCCc1ccc(-c2csc(-c3ccccc3)n2)cc1. The summed E-state index contributed by atoms with van der Waals surface area (Å²) < 4.78 is 0. The van der Waals surface area contributed by atoms with Gasteiger partial charge in [-0.3, -0.25) is 0 Å². The monoisotopic (exact) mass is 303 g/mol. The van der Waals surface area contributed by atoms with Crippen molar-refractivity contribution in [3.63, 3.8) is 0 Å². The van der Waals surface area contributed by atoms with Crippen LogP contribution in [0.3, 0.4) is 0 Å². The molecule has 0 bridgehead atoms. The molecule has 0 atom stereocenters. The lowest BCUT2D eigenvalue weighted by molar-refractivity contribution is 0.858. The van der Waals surface area contributed by atoms with Gasteiger partial charge in [-0.1, -0.05) is 54.6 Å². The first-order valence-corrected chi connectivity index (χ1v) is 8.28. The summed E-state index contributed by atoms with van der Waals surface area (Å²) >= 11 is 1.69. The fraction of sp³-hybridized carbons (Fsp3) is 0.150. The minimum absolute atomic E-state index is 0.842. The van der Waals surface area contributed by atoms with E-state index in [1.165, 1.54) is 16.7 Å². The molecular weight excluding hydrogens is 286 g/mol. The van der Waals surface area contributed by atoms with E-state index in [9.17, 15) is 0 Å². The highest BCUT2D eigenvalue weighted by Gasteiger charge is 2.06. The van der Waals surface area contributed by atoms with Gasteiger partial charge in [-0.2, -0.15) is 0 Å². The van der Waals surface area contributed by atoms with Gasteiger partial charge in [0, 0.05) is 22.9 Å². The smallest absolute Gasteiger partial charge is 0.124 e. The summed E-state index contributed by atoms with van der Waals surface area (Å²) in [4.78, 5) is 4.75.